The summed E-state index contributed by atoms with van der Waals surface area (Å²) in [7, 11) is 0. The van der Waals surface area contributed by atoms with Crippen molar-refractivity contribution in [2.45, 2.75) is 20.3 Å². The standard InChI is InChI=1S/C6H10O2.C4H5O2/c1-3-5-8-6(7)4-2;1-2-3-4(5)6/h4H,2-3,5H2,1H3;2-3H,1H3/b;3-2+. The molecule has 0 spiro atoms. The molecule has 0 fully saturated rings. The largest absolute Gasteiger partial charge is 0.463 e. The highest BCUT2D eigenvalue weighted by molar-refractivity contribution is 5.81. The number of allylic oxidation sites excluding steroid dienone is 1. The molecule has 4 heteroatoms. The first kappa shape index (κ1) is 14.9. The zero-order valence-electron chi connectivity index (χ0n) is 8.49. The maximum Gasteiger partial charge on any atom is 0.378 e. The molecule has 0 aromatic heterocycles. The van der Waals surface area contributed by atoms with E-state index in [0.717, 1.165) is 18.6 Å². The number of carbonyl (C=O) groups is 2. The van der Waals surface area contributed by atoms with Crippen LogP contribution in [-0.2, 0) is 19.4 Å². The van der Waals surface area contributed by atoms with Gasteiger partial charge in [0.2, 0.25) is 0 Å². The van der Waals surface area contributed by atoms with Gasteiger partial charge in [0, 0.05) is 12.2 Å². The molecule has 14 heavy (non-hydrogen) atoms. The van der Waals surface area contributed by atoms with Crippen molar-refractivity contribution in [2.24, 2.45) is 0 Å². The molecule has 0 saturated carbocycles. The second-order valence-electron chi connectivity index (χ2n) is 2.19. The molecule has 0 rings (SSSR count). The fraction of sp³-hybridized carbons (Fsp3) is 0.400. The van der Waals surface area contributed by atoms with E-state index in [-0.39, 0.29) is 5.97 Å². The van der Waals surface area contributed by atoms with Crippen molar-refractivity contribution in [2.75, 3.05) is 6.61 Å². The first-order valence-corrected chi connectivity index (χ1v) is 4.21. The van der Waals surface area contributed by atoms with Gasteiger partial charge in [-0.2, -0.15) is 0 Å². The third-order valence-corrected chi connectivity index (χ3v) is 0.918. The molecular formula is C10H15O4. The maximum absolute atomic E-state index is 10.2. The van der Waals surface area contributed by atoms with Gasteiger partial charge in [0.15, 0.2) is 0 Å². The molecule has 0 bridgehead atoms. The van der Waals surface area contributed by atoms with Crippen molar-refractivity contribution >= 4 is 11.9 Å². The summed E-state index contributed by atoms with van der Waals surface area (Å²) in [5, 5.41) is 9.40. The van der Waals surface area contributed by atoms with Crippen molar-refractivity contribution in [3.8, 4) is 0 Å². The summed E-state index contributed by atoms with van der Waals surface area (Å²) < 4.78 is 4.58. The average Bonchev–Trinajstić information content (AvgIpc) is 2.15. The monoisotopic (exact) mass is 199 g/mol. The second kappa shape index (κ2) is 11.4. The minimum Gasteiger partial charge on any atom is -0.463 e. The average molecular weight is 199 g/mol. The van der Waals surface area contributed by atoms with Crippen LogP contribution in [-0.4, -0.2) is 18.5 Å². The van der Waals surface area contributed by atoms with Gasteiger partial charge in [0.25, 0.3) is 0 Å². The van der Waals surface area contributed by atoms with E-state index >= 15 is 0 Å². The zero-order valence-corrected chi connectivity index (χ0v) is 8.49. The molecule has 0 atom stereocenters. The number of hydrogen-bond donors (Lipinski definition) is 0. The van der Waals surface area contributed by atoms with Crippen LogP contribution in [0.4, 0.5) is 0 Å². The van der Waals surface area contributed by atoms with Crippen LogP contribution in [0, 0.1) is 0 Å². The highest BCUT2D eigenvalue weighted by Gasteiger charge is 1.89. The Labute approximate surface area is 83.9 Å². The van der Waals surface area contributed by atoms with E-state index in [0.29, 0.717) is 6.61 Å². The van der Waals surface area contributed by atoms with Crippen molar-refractivity contribution in [1.82, 2.24) is 0 Å². The minimum atomic E-state index is -1.14. The molecule has 0 aliphatic heterocycles. The summed E-state index contributed by atoms with van der Waals surface area (Å²) >= 11 is 0. The van der Waals surface area contributed by atoms with Gasteiger partial charge >= 0.3 is 11.9 Å². The van der Waals surface area contributed by atoms with E-state index in [1.807, 2.05) is 6.92 Å². The van der Waals surface area contributed by atoms with Gasteiger partial charge in [0.1, 0.15) is 0 Å². The van der Waals surface area contributed by atoms with Gasteiger partial charge in [-0.25, -0.2) is 14.7 Å². The zero-order chi connectivity index (χ0) is 11.4. The predicted molar refractivity (Wildman–Crippen MR) is 52.0 cm³/mol. The predicted octanol–water partition coefficient (Wildman–Crippen LogP) is 1.65. The van der Waals surface area contributed by atoms with E-state index in [1.54, 1.807) is 6.92 Å². The molecule has 0 N–H and O–H groups in total. The summed E-state index contributed by atoms with van der Waals surface area (Å²) in [5.74, 6) is -1.48. The Balaban J connectivity index is 0. The maximum atomic E-state index is 10.2. The number of ether oxygens (including phenoxy) is 1. The molecule has 0 amide bonds. The fourth-order valence-corrected chi connectivity index (χ4v) is 0.398. The number of rotatable bonds is 4. The first-order chi connectivity index (χ1) is 6.58. The van der Waals surface area contributed by atoms with Crippen LogP contribution in [0.1, 0.15) is 20.3 Å². The van der Waals surface area contributed by atoms with E-state index in [4.69, 9.17) is 0 Å². The lowest BCUT2D eigenvalue weighted by Crippen LogP contribution is -1.99. The van der Waals surface area contributed by atoms with Crippen molar-refractivity contribution in [3.05, 3.63) is 24.8 Å². The Kier molecular flexibility index (Phi) is 12.2. The van der Waals surface area contributed by atoms with Crippen LogP contribution < -0.4 is 0 Å². The van der Waals surface area contributed by atoms with E-state index in [1.165, 1.54) is 6.08 Å². The topological polar surface area (TPSA) is 63.3 Å². The number of esters is 1. The fourth-order valence-electron chi connectivity index (χ4n) is 0.398. The molecule has 4 nitrogen and oxygen atoms in total. The van der Waals surface area contributed by atoms with Gasteiger partial charge in [-0.3, -0.25) is 0 Å². The molecule has 0 saturated heterocycles. The Morgan fingerprint density at radius 2 is 2.00 bits per heavy atom. The quantitative estimate of drug-likeness (QED) is 0.510. The second-order valence-corrected chi connectivity index (χ2v) is 2.19. The van der Waals surface area contributed by atoms with Gasteiger partial charge in [0.05, 0.1) is 6.61 Å². The summed E-state index contributed by atoms with van der Waals surface area (Å²) in [4.78, 5) is 19.6. The summed E-state index contributed by atoms with van der Waals surface area (Å²) in [5.41, 5.74) is 0. The highest BCUT2D eigenvalue weighted by atomic mass is 16.5. The first-order valence-electron chi connectivity index (χ1n) is 4.21. The lowest BCUT2D eigenvalue weighted by atomic mass is 10.5. The van der Waals surface area contributed by atoms with Crippen LogP contribution in [0.3, 0.4) is 0 Å². The van der Waals surface area contributed by atoms with Gasteiger partial charge in [-0.1, -0.05) is 19.6 Å². The molecular weight excluding hydrogens is 184 g/mol. The lowest BCUT2D eigenvalue weighted by Gasteiger charge is -1.94. The Bertz CT molecular complexity index is 206. The normalized spacial score (nSPS) is 8.71. The third-order valence-electron chi connectivity index (χ3n) is 0.918. The molecule has 0 aliphatic carbocycles. The van der Waals surface area contributed by atoms with Crippen LogP contribution in [0.25, 0.3) is 0 Å². The molecule has 0 aliphatic rings. The van der Waals surface area contributed by atoms with Crippen molar-refractivity contribution < 1.29 is 19.4 Å². The SMILES string of the molecule is C/C=C/C([O])=O.C=CC(=O)OCCC. The lowest BCUT2D eigenvalue weighted by molar-refractivity contribution is -0.138. The van der Waals surface area contributed by atoms with Gasteiger partial charge in [-0.15, -0.1) is 0 Å². The molecule has 1 radical (unpaired) electrons. The number of carbonyl (C=O) groups excluding carboxylic acids is 2. The Morgan fingerprint density at radius 3 is 2.21 bits per heavy atom. The van der Waals surface area contributed by atoms with Gasteiger partial charge < -0.3 is 4.74 Å². The minimum absolute atomic E-state index is 0.341. The van der Waals surface area contributed by atoms with E-state index < -0.39 is 5.97 Å². The van der Waals surface area contributed by atoms with Crippen LogP contribution in [0.5, 0.6) is 0 Å². The molecule has 79 valence electrons. The third kappa shape index (κ3) is 16.8. The summed E-state index contributed by atoms with van der Waals surface area (Å²) in [6.07, 6.45) is 4.41. The van der Waals surface area contributed by atoms with Gasteiger partial charge in [-0.05, 0) is 13.3 Å². The summed E-state index contributed by atoms with van der Waals surface area (Å²) in [6.45, 7) is 7.29. The van der Waals surface area contributed by atoms with Crippen LogP contribution in [0.2, 0.25) is 0 Å². The highest BCUT2D eigenvalue weighted by Crippen LogP contribution is 1.81. The Hall–Kier alpha value is -1.58. The Morgan fingerprint density at radius 1 is 1.43 bits per heavy atom. The smallest absolute Gasteiger partial charge is 0.378 e. The van der Waals surface area contributed by atoms with Crippen molar-refractivity contribution in [1.29, 1.82) is 0 Å². The molecule has 0 aromatic carbocycles. The van der Waals surface area contributed by atoms with Crippen LogP contribution in [0.15, 0.2) is 24.8 Å². The molecule has 0 heterocycles. The van der Waals surface area contributed by atoms with Crippen LogP contribution >= 0.6 is 0 Å². The van der Waals surface area contributed by atoms with Crippen molar-refractivity contribution in [3.63, 3.8) is 0 Å². The summed E-state index contributed by atoms with van der Waals surface area (Å²) in [6, 6.07) is 0. The molecule has 0 unspecified atom stereocenters. The van der Waals surface area contributed by atoms with E-state index in [9.17, 15) is 14.7 Å². The number of hydrogen-bond acceptors (Lipinski definition) is 3. The van der Waals surface area contributed by atoms with E-state index in [2.05, 4.69) is 11.3 Å². The molecule has 0 aromatic rings.